The molecule has 0 aliphatic rings. The van der Waals surface area contributed by atoms with Crippen molar-refractivity contribution in [2.75, 3.05) is 0 Å². The molecule has 0 aliphatic carbocycles. The number of hydrogen-bond donors (Lipinski definition) is 0. The Bertz CT molecular complexity index is 767. The fraction of sp³-hybridized carbons (Fsp3) is 0. The molecule has 0 radical (unpaired) electrons. The van der Waals surface area contributed by atoms with Crippen molar-refractivity contribution in [1.29, 1.82) is 0 Å². The van der Waals surface area contributed by atoms with E-state index in [1.165, 1.54) is 12.1 Å². The number of nitro groups is 1. The van der Waals surface area contributed by atoms with Gasteiger partial charge >= 0.3 is 0 Å². The summed E-state index contributed by atoms with van der Waals surface area (Å²) in [6, 6.07) is 8.00. The molecule has 0 unspecified atom stereocenters. The van der Waals surface area contributed by atoms with Gasteiger partial charge in [-0.25, -0.2) is 9.97 Å². The molecular formula is C12H7ClN4O2. The number of nitrogens with zero attached hydrogens (tertiary/aromatic N) is 4. The highest BCUT2D eigenvalue weighted by molar-refractivity contribution is 6.33. The quantitative estimate of drug-likeness (QED) is 0.409. The summed E-state index contributed by atoms with van der Waals surface area (Å²) in [5.74, 6) is 0. The molecule has 19 heavy (non-hydrogen) atoms. The highest BCUT2D eigenvalue weighted by atomic mass is 35.5. The van der Waals surface area contributed by atoms with Crippen molar-refractivity contribution in [1.82, 2.24) is 14.5 Å². The Balaban J connectivity index is 2.14. The summed E-state index contributed by atoms with van der Waals surface area (Å²) in [6.45, 7) is 0. The van der Waals surface area contributed by atoms with E-state index in [4.69, 9.17) is 11.6 Å². The van der Waals surface area contributed by atoms with Gasteiger partial charge in [0.05, 0.1) is 10.4 Å². The number of rotatable bonds is 2. The molecule has 1 aromatic carbocycles. The second-order valence-electron chi connectivity index (χ2n) is 3.86. The molecule has 0 bridgehead atoms. The van der Waals surface area contributed by atoms with E-state index in [9.17, 15) is 10.1 Å². The van der Waals surface area contributed by atoms with Gasteiger partial charge in [-0.2, -0.15) is 0 Å². The van der Waals surface area contributed by atoms with Crippen LogP contribution in [0.25, 0.3) is 16.7 Å². The van der Waals surface area contributed by atoms with Gasteiger partial charge in [-0.1, -0.05) is 11.6 Å². The van der Waals surface area contributed by atoms with Crippen LogP contribution in [0.2, 0.25) is 5.15 Å². The summed E-state index contributed by atoms with van der Waals surface area (Å²) in [5, 5.41) is 10.9. The Hall–Kier alpha value is -2.47. The van der Waals surface area contributed by atoms with E-state index in [2.05, 4.69) is 9.97 Å². The van der Waals surface area contributed by atoms with Crippen LogP contribution >= 0.6 is 11.6 Å². The van der Waals surface area contributed by atoms with Crippen molar-refractivity contribution in [2.45, 2.75) is 0 Å². The molecule has 0 saturated carbocycles. The minimum atomic E-state index is -0.434. The molecule has 0 atom stereocenters. The molecule has 0 fully saturated rings. The van der Waals surface area contributed by atoms with Crippen molar-refractivity contribution in [3.05, 3.63) is 58.1 Å². The van der Waals surface area contributed by atoms with E-state index in [0.29, 0.717) is 10.7 Å². The maximum Gasteiger partial charge on any atom is 0.269 e. The maximum atomic E-state index is 10.6. The number of halogens is 1. The lowest BCUT2D eigenvalue weighted by molar-refractivity contribution is -0.384. The number of nitro benzene ring substituents is 1. The van der Waals surface area contributed by atoms with Gasteiger partial charge < -0.3 is 0 Å². The summed E-state index contributed by atoms with van der Waals surface area (Å²) < 4.78 is 1.80. The second-order valence-corrected chi connectivity index (χ2v) is 4.22. The number of imidazole rings is 1. The zero-order valence-corrected chi connectivity index (χ0v) is 10.3. The molecule has 7 heteroatoms. The normalized spacial score (nSPS) is 10.8. The third-order valence-electron chi connectivity index (χ3n) is 2.76. The molecule has 2 aromatic heterocycles. The van der Waals surface area contributed by atoms with Crippen molar-refractivity contribution in [3.8, 4) is 5.69 Å². The lowest BCUT2D eigenvalue weighted by Crippen LogP contribution is -1.93. The van der Waals surface area contributed by atoms with Crippen molar-refractivity contribution >= 4 is 28.3 Å². The van der Waals surface area contributed by atoms with Gasteiger partial charge in [0, 0.05) is 24.0 Å². The molecule has 0 amide bonds. The summed E-state index contributed by atoms with van der Waals surface area (Å²) in [7, 11) is 0. The number of hydrogen-bond acceptors (Lipinski definition) is 4. The first-order valence-electron chi connectivity index (χ1n) is 5.39. The number of fused-ring (bicyclic) bond motifs is 1. The summed E-state index contributed by atoms with van der Waals surface area (Å²) >= 11 is 5.95. The van der Waals surface area contributed by atoms with E-state index < -0.39 is 4.92 Å². The predicted molar refractivity (Wildman–Crippen MR) is 70.5 cm³/mol. The van der Waals surface area contributed by atoms with E-state index in [-0.39, 0.29) is 5.69 Å². The number of pyridine rings is 1. The highest BCUT2D eigenvalue weighted by Crippen LogP contribution is 2.23. The van der Waals surface area contributed by atoms with Crippen LogP contribution in [0, 0.1) is 10.1 Å². The Morgan fingerprint density at radius 3 is 2.58 bits per heavy atom. The summed E-state index contributed by atoms with van der Waals surface area (Å²) in [4.78, 5) is 18.3. The Morgan fingerprint density at radius 2 is 1.89 bits per heavy atom. The average molecular weight is 275 g/mol. The fourth-order valence-corrected chi connectivity index (χ4v) is 2.05. The van der Waals surface area contributed by atoms with E-state index >= 15 is 0 Å². The molecule has 3 rings (SSSR count). The van der Waals surface area contributed by atoms with Crippen molar-refractivity contribution in [2.24, 2.45) is 0 Å². The third-order valence-corrected chi connectivity index (χ3v) is 3.04. The molecule has 94 valence electrons. The number of benzene rings is 1. The maximum absolute atomic E-state index is 10.6. The third kappa shape index (κ3) is 1.92. The topological polar surface area (TPSA) is 73.8 Å². The van der Waals surface area contributed by atoms with Crippen molar-refractivity contribution in [3.63, 3.8) is 0 Å². The summed E-state index contributed by atoms with van der Waals surface area (Å²) in [6.07, 6.45) is 3.20. The zero-order valence-electron chi connectivity index (χ0n) is 9.52. The van der Waals surface area contributed by atoms with Gasteiger partial charge in [0.1, 0.15) is 11.8 Å². The SMILES string of the molecule is O=[N+]([O-])c1ccc(-n2cnc3c(Cl)nccc32)cc1. The van der Waals surface area contributed by atoms with Crippen LogP contribution in [0.15, 0.2) is 42.9 Å². The van der Waals surface area contributed by atoms with Gasteiger partial charge in [-0.15, -0.1) is 0 Å². The van der Waals surface area contributed by atoms with Gasteiger partial charge in [-0.3, -0.25) is 14.7 Å². The van der Waals surface area contributed by atoms with Crippen LogP contribution in [0.5, 0.6) is 0 Å². The minimum Gasteiger partial charge on any atom is -0.299 e. The molecule has 6 nitrogen and oxygen atoms in total. The van der Waals surface area contributed by atoms with Crippen LogP contribution < -0.4 is 0 Å². The van der Waals surface area contributed by atoms with Crippen LogP contribution in [-0.4, -0.2) is 19.5 Å². The molecule has 2 heterocycles. The first kappa shape index (κ1) is 11.6. The predicted octanol–water partition coefficient (Wildman–Crippen LogP) is 2.98. The first-order valence-corrected chi connectivity index (χ1v) is 5.77. The second kappa shape index (κ2) is 4.33. The standard InChI is InChI=1S/C12H7ClN4O2/c13-12-11-10(5-6-14-12)16(7-15-11)8-1-3-9(4-2-8)17(18)19/h1-7H. The van der Waals surface area contributed by atoms with Crippen LogP contribution in [0.4, 0.5) is 5.69 Å². The largest absolute Gasteiger partial charge is 0.299 e. The molecule has 3 aromatic rings. The van der Waals surface area contributed by atoms with Gasteiger partial charge in [-0.05, 0) is 18.2 Å². The van der Waals surface area contributed by atoms with E-state index in [1.54, 1.807) is 35.3 Å². The average Bonchev–Trinajstić information content (AvgIpc) is 2.84. The monoisotopic (exact) mass is 274 g/mol. The van der Waals surface area contributed by atoms with Crippen LogP contribution in [0.3, 0.4) is 0 Å². The molecule has 0 aliphatic heterocycles. The molecular weight excluding hydrogens is 268 g/mol. The van der Waals surface area contributed by atoms with Crippen molar-refractivity contribution < 1.29 is 4.92 Å². The van der Waals surface area contributed by atoms with E-state index in [0.717, 1.165) is 11.2 Å². The van der Waals surface area contributed by atoms with Crippen LogP contribution in [-0.2, 0) is 0 Å². The summed E-state index contributed by atoms with van der Waals surface area (Å²) in [5.41, 5.74) is 2.22. The lowest BCUT2D eigenvalue weighted by atomic mass is 10.3. The van der Waals surface area contributed by atoms with Gasteiger partial charge in [0.15, 0.2) is 5.15 Å². The Labute approximate surface area is 112 Å². The minimum absolute atomic E-state index is 0.0490. The first-order chi connectivity index (χ1) is 9.16. The molecule has 0 N–H and O–H groups in total. The lowest BCUT2D eigenvalue weighted by Gasteiger charge is -2.03. The molecule has 0 spiro atoms. The Morgan fingerprint density at radius 1 is 1.16 bits per heavy atom. The zero-order chi connectivity index (χ0) is 13.4. The highest BCUT2D eigenvalue weighted by Gasteiger charge is 2.09. The van der Waals surface area contributed by atoms with Gasteiger partial charge in [0.2, 0.25) is 0 Å². The van der Waals surface area contributed by atoms with Crippen LogP contribution in [0.1, 0.15) is 0 Å². The Kier molecular flexibility index (Phi) is 2.64. The van der Waals surface area contributed by atoms with E-state index in [1.807, 2.05) is 0 Å². The van der Waals surface area contributed by atoms with Gasteiger partial charge in [0.25, 0.3) is 5.69 Å². The smallest absolute Gasteiger partial charge is 0.269 e. The number of aromatic nitrogens is 3. The fourth-order valence-electron chi connectivity index (χ4n) is 1.85. The molecule has 0 saturated heterocycles. The number of non-ortho nitro benzene ring substituents is 1.